The molecule has 2 rings (SSSR count). The highest BCUT2D eigenvalue weighted by Crippen LogP contribution is 2.30. The molecule has 0 aromatic heterocycles. The van der Waals surface area contributed by atoms with Gasteiger partial charge in [0.05, 0.1) is 0 Å². The van der Waals surface area contributed by atoms with Crippen LogP contribution in [0, 0.1) is 0 Å². The summed E-state index contributed by atoms with van der Waals surface area (Å²) in [4.78, 5) is 0. The van der Waals surface area contributed by atoms with E-state index in [2.05, 4.69) is 31.3 Å². The van der Waals surface area contributed by atoms with E-state index in [4.69, 9.17) is 9.47 Å². The van der Waals surface area contributed by atoms with Gasteiger partial charge < -0.3 is 14.8 Å². The summed E-state index contributed by atoms with van der Waals surface area (Å²) in [5.74, 6) is 1.76. The normalized spacial score (nSPS) is 15.6. The predicted octanol–water partition coefficient (Wildman–Crippen LogP) is 2.39. The lowest BCUT2D eigenvalue weighted by Crippen LogP contribution is -2.28. The Morgan fingerprint density at radius 2 is 2.00 bits per heavy atom. The molecule has 0 radical (unpaired) electrons. The van der Waals surface area contributed by atoms with Crippen molar-refractivity contribution in [2.75, 3.05) is 19.8 Å². The molecule has 1 N–H and O–H groups in total. The summed E-state index contributed by atoms with van der Waals surface area (Å²) >= 11 is 0. The van der Waals surface area contributed by atoms with Gasteiger partial charge in [-0.3, -0.25) is 0 Å². The Labute approximate surface area is 103 Å². The van der Waals surface area contributed by atoms with Gasteiger partial charge in [-0.15, -0.1) is 0 Å². The molecule has 94 valence electrons. The summed E-state index contributed by atoms with van der Waals surface area (Å²) in [7, 11) is 0. The van der Waals surface area contributed by atoms with Crippen molar-refractivity contribution in [1.29, 1.82) is 0 Å². The largest absolute Gasteiger partial charge is 0.486 e. The first-order valence-corrected chi connectivity index (χ1v) is 6.41. The standard InChI is InChI=1S/C14H21NO2/c1-3-6-15-11(2)9-12-4-5-13-14(10-12)17-8-7-16-13/h4-5,10-11,15H,3,6-9H2,1-2H3. The molecule has 1 aliphatic heterocycles. The summed E-state index contributed by atoms with van der Waals surface area (Å²) in [6.45, 7) is 6.78. The van der Waals surface area contributed by atoms with Gasteiger partial charge >= 0.3 is 0 Å². The van der Waals surface area contributed by atoms with Crippen LogP contribution in [0.1, 0.15) is 25.8 Å². The van der Waals surface area contributed by atoms with E-state index in [1.54, 1.807) is 0 Å². The van der Waals surface area contributed by atoms with Crippen molar-refractivity contribution in [2.45, 2.75) is 32.7 Å². The molecule has 0 saturated carbocycles. The van der Waals surface area contributed by atoms with Crippen molar-refractivity contribution >= 4 is 0 Å². The fourth-order valence-electron chi connectivity index (χ4n) is 2.03. The topological polar surface area (TPSA) is 30.5 Å². The van der Waals surface area contributed by atoms with Gasteiger partial charge in [0.15, 0.2) is 11.5 Å². The second-order valence-corrected chi connectivity index (χ2v) is 4.54. The van der Waals surface area contributed by atoms with Crippen LogP contribution in [-0.4, -0.2) is 25.8 Å². The highest BCUT2D eigenvalue weighted by atomic mass is 16.6. The molecule has 1 aromatic carbocycles. The van der Waals surface area contributed by atoms with E-state index in [1.165, 1.54) is 12.0 Å². The molecule has 0 amide bonds. The molecule has 1 aliphatic rings. The van der Waals surface area contributed by atoms with Crippen LogP contribution in [0.15, 0.2) is 18.2 Å². The van der Waals surface area contributed by atoms with E-state index in [-0.39, 0.29) is 0 Å². The molecular weight excluding hydrogens is 214 g/mol. The Balaban J connectivity index is 1.97. The number of fused-ring (bicyclic) bond motifs is 1. The highest BCUT2D eigenvalue weighted by Gasteiger charge is 2.12. The minimum absolute atomic E-state index is 0.498. The van der Waals surface area contributed by atoms with Gasteiger partial charge in [-0.25, -0.2) is 0 Å². The SMILES string of the molecule is CCCNC(C)Cc1ccc2c(c1)OCCO2. The maximum atomic E-state index is 5.58. The van der Waals surface area contributed by atoms with Crippen molar-refractivity contribution in [1.82, 2.24) is 5.32 Å². The van der Waals surface area contributed by atoms with E-state index in [0.29, 0.717) is 19.3 Å². The zero-order valence-corrected chi connectivity index (χ0v) is 10.7. The van der Waals surface area contributed by atoms with Crippen molar-refractivity contribution in [2.24, 2.45) is 0 Å². The van der Waals surface area contributed by atoms with Crippen LogP contribution in [-0.2, 0) is 6.42 Å². The van der Waals surface area contributed by atoms with Crippen LogP contribution < -0.4 is 14.8 Å². The molecule has 1 unspecified atom stereocenters. The third-order valence-electron chi connectivity index (χ3n) is 2.89. The van der Waals surface area contributed by atoms with Gasteiger partial charge in [-0.2, -0.15) is 0 Å². The summed E-state index contributed by atoms with van der Waals surface area (Å²) in [5.41, 5.74) is 1.30. The first-order chi connectivity index (χ1) is 8.29. The molecule has 0 aliphatic carbocycles. The first kappa shape index (κ1) is 12.2. The van der Waals surface area contributed by atoms with E-state index >= 15 is 0 Å². The molecule has 0 saturated heterocycles. The monoisotopic (exact) mass is 235 g/mol. The van der Waals surface area contributed by atoms with Crippen molar-refractivity contribution < 1.29 is 9.47 Å². The maximum Gasteiger partial charge on any atom is 0.161 e. The van der Waals surface area contributed by atoms with Crippen molar-refractivity contribution in [3.8, 4) is 11.5 Å². The number of rotatable bonds is 5. The molecule has 1 atom stereocenters. The summed E-state index contributed by atoms with van der Waals surface area (Å²) < 4.78 is 11.1. The molecule has 0 spiro atoms. The number of nitrogens with one attached hydrogen (secondary N) is 1. The lowest BCUT2D eigenvalue weighted by molar-refractivity contribution is 0.171. The van der Waals surface area contributed by atoms with Gasteiger partial charge in [0.1, 0.15) is 13.2 Å². The van der Waals surface area contributed by atoms with Gasteiger partial charge in [0, 0.05) is 6.04 Å². The molecular formula is C14H21NO2. The lowest BCUT2D eigenvalue weighted by Gasteiger charge is -2.20. The van der Waals surface area contributed by atoms with Crippen LogP contribution in [0.2, 0.25) is 0 Å². The van der Waals surface area contributed by atoms with E-state index < -0.39 is 0 Å². The number of ether oxygens (including phenoxy) is 2. The zero-order valence-electron chi connectivity index (χ0n) is 10.7. The Morgan fingerprint density at radius 3 is 2.76 bits per heavy atom. The van der Waals surface area contributed by atoms with E-state index in [1.807, 2.05) is 6.07 Å². The number of hydrogen-bond acceptors (Lipinski definition) is 3. The Bertz CT molecular complexity index is 365. The quantitative estimate of drug-likeness (QED) is 0.850. The third-order valence-corrected chi connectivity index (χ3v) is 2.89. The smallest absolute Gasteiger partial charge is 0.161 e. The van der Waals surface area contributed by atoms with E-state index in [0.717, 1.165) is 24.5 Å². The van der Waals surface area contributed by atoms with Gasteiger partial charge in [0.2, 0.25) is 0 Å². The molecule has 0 bridgehead atoms. The second kappa shape index (κ2) is 5.92. The van der Waals surface area contributed by atoms with Crippen molar-refractivity contribution in [3.05, 3.63) is 23.8 Å². The average molecular weight is 235 g/mol. The number of hydrogen-bond donors (Lipinski definition) is 1. The average Bonchev–Trinajstić information content (AvgIpc) is 2.36. The molecule has 1 heterocycles. The molecule has 0 fully saturated rings. The zero-order chi connectivity index (χ0) is 12.1. The predicted molar refractivity (Wildman–Crippen MR) is 68.9 cm³/mol. The third kappa shape index (κ3) is 3.37. The molecule has 1 aromatic rings. The fourth-order valence-corrected chi connectivity index (χ4v) is 2.03. The van der Waals surface area contributed by atoms with Crippen molar-refractivity contribution in [3.63, 3.8) is 0 Å². The van der Waals surface area contributed by atoms with E-state index in [9.17, 15) is 0 Å². The Kier molecular flexibility index (Phi) is 4.26. The summed E-state index contributed by atoms with van der Waals surface area (Å²) in [6, 6.07) is 6.73. The van der Waals surface area contributed by atoms with Crippen LogP contribution >= 0.6 is 0 Å². The molecule has 17 heavy (non-hydrogen) atoms. The minimum atomic E-state index is 0.498. The Morgan fingerprint density at radius 1 is 1.24 bits per heavy atom. The first-order valence-electron chi connectivity index (χ1n) is 6.41. The highest BCUT2D eigenvalue weighted by molar-refractivity contribution is 5.43. The van der Waals surface area contributed by atoms with Crippen LogP contribution in [0.5, 0.6) is 11.5 Å². The minimum Gasteiger partial charge on any atom is -0.486 e. The van der Waals surface area contributed by atoms with Gasteiger partial charge in [-0.1, -0.05) is 13.0 Å². The van der Waals surface area contributed by atoms with Crippen LogP contribution in [0.25, 0.3) is 0 Å². The Hall–Kier alpha value is -1.22. The molecule has 3 nitrogen and oxygen atoms in total. The maximum absolute atomic E-state index is 5.58. The van der Waals surface area contributed by atoms with Crippen LogP contribution in [0.4, 0.5) is 0 Å². The van der Waals surface area contributed by atoms with Gasteiger partial charge in [-0.05, 0) is 44.0 Å². The lowest BCUT2D eigenvalue weighted by atomic mass is 10.1. The second-order valence-electron chi connectivity index (χ2n) is 4.54. The number of benzene rings is 1. The fraction of sp³-hybridized carbons (Fsp3) is 0.571. The molecule has 3 heteroatoms. The van der Waals surface area contributed by atoms with Gasteiger partial charge in [0.25, 0.3) is 0 Å². The summed E-state index contributed by atoms with van der Waals surface area (Å²) in [6.07, 6.45) is 2.20. The van der Waals surface area contributed by atoms with Crippen LogP contribution in [0.3, 0.4) is 0 Å². The summed E-state index contributed by atoms with van der Waals surface area (Å²) in [5, 5.41) is 3.49.